The smallest absolute Gasteiger partial charge is 0.308 e. The zero-order chi connectivity index (χ0) is 12.3. The van der Waals surface area contributed by atoms with Gasteiger partial charge in [0.2, 0.25) is 5.91 Å². The normalized spacial score (nSPS) is 19.3. The maximum Gasteiger partial charge on any atom is 0.308 e. The molecule has 90 valence electrons. The SMILES string of the molecule is O=C(O)C1CCN(C(=O)Cc2ccncc2)C1. The molecular weight excluding hydrogens is 220 g/mol. The Balaban J connectivity index is 1.92. The summed E-state index contributed by atoms with van der Waals surface area (Å²) < 4.78 is 0. The molecule has 0 radical (unpaired) electrons. The summed E-state index contributed by atoms with van der Waals surface area (Å²) in [6, 6.07) is 3.59. The molecule has 2 heterocycles. The van der Waals surface area contributed by atoms with Crippen molar-refractivity contribution in [2.24, 2.45) is 5.92 Å². The molecule has 0 bridgehead atoms. The lowest BCUT2D eigenvalue weighted by molar-refractivity contribution is -0.141. The molecule has 1 unspecified atom stereocenters. The highest BCUT2D eigenvalue weighted by atomic mass is 16.4. The van der Waals surface area contributed by atoms with E-state index in [2.05, 4.69) is 4.98 Å². The van der Waals surface area contributed by atoms with Gasteiger partial charge < -0.3 is 10.0 Å². The topological polar surface area (TPSA) is 70.5 Å². The Morgan fingerprint density at radius 1 is 1.41 bits per heavy atom. The Kier molecular flexibility index (Phi) is 3.37. The molecule has 17 heavy (non-hydrogen) atoms. The van der Waals surface area contributed by atoms with Crippen LogP contribution in [0.5, 0.6) is 0 Å². The zero-order valence-corrected chi connectivity index (χ0v) is 9.37. The molecule has 1 aliphatic rings. The predicted molar refractivity (Wildman–Crippen MR) is 60.3 cm³/mol. The van der Waals surface area contributed by atoms with Crippen molar-refractivity contribution in [2.75, 3.05) is 13.1 Å². The highest BCUT2D eigenvalue weighted by molar-refractivity contribution is 5.80. The highest BCUT2D eigenvalue weighted by Crippen LogP contribution is 2.17. The number of aliphatic carboxylic acids is 1. The van der Waals surface area contributed by atoms with Crippen LogP contribution in [0.25, 0.3) is 0 Å². The number of nitrogens with zero attached hydrogens (tertiary/aromatic N) is 2. The summed E-state index contributed by atoms with van der Waals surface area (Å²) in [7, 11) is 0. The van der Waals surface area contributed by atoms with E-state index in [1.54, 1.807) is 29.4 Å². The molecule has 1 N–H and O–H groups in total. The van der Waals surface area contributed by atoms with Crippen molar-refractivity contribution in [2.45, 2.75) is 12.8 Å². The number of carbonyl (C=O) groups excluding carboxylic acids is 1. The van der Waals surface area contributed by atoms with E-state index in [1.807, 2.05) is 0 Å². The van der Waals surface area contributed by atoms with Crippen LogP contribution in [0.15, 0.2) is 24.5 Å². The Labute approximate surface area is 99.1 Å². The molecule has 1 saturated heterocycles. The van der Waals surface area contributed by atoms with Gasteiger partial charge in [-0.05, 0) is 24.1 Å². The van der Waals surface area contributed by atoms with E-state index >= 15 is 0 Å². The molecule has 1 aliphatic heterocycles. The van der Waals surface area contributed by atoms with Crippen LogP contribution in [0.1, 0.15) is 12.0 Å². The van der Waals surface area contributed by atoms with E-state index in [0.717, 1.165) is 5.56 Å². The van der Waals surface area contributed by atoms with Crippen LogP contribution >= 0.6 is 0 Å². The number of hydrogen-bond donors (Lipinski definition) is 1. The monoisotopic (exact) mass is 234 g/mol. The van der Waals surface area contributed by atoms with E-state index in [4.69, 9.17) is 5.11 Å². The summed E-state index contributed by atoms with van der Waals surface area (Å²) in [6.45, 7) is 0.875. The minimum absolute atomic E-state index is 0.0139. The molecule has 2 rings (SSSR count). The Hall–Kier alpha value is -1.91. The van der Waals surface area contributed by atoms with Gasteiger partial charge in [-0.15, -0.1) is 0 Å². The zero-order valence-electron chi connectivity index (χ0n) is 9.37. The van der Waals surface area contributed by atoms with E-state index in [0.29, 0.717) is 25.9 Å². The molecule has 1 aromatic rings. The number of rotatable bonds is 3. The minimum atomic E-state index is -0.816. The lowest BCUT2D eigenvalue weighted by Crippen LogP contribution is -2.31. The molecular formula is C12H14N2O3. The molecule has 0 aromatic carbocycles. The molecule has 1 amide bonds. The fourth-order valence-corrected chi connectivity index (χ4v) is 1.98. The predicted octanol–water partition coefficient (Wildman–Crippen LogP) is 0.557. The van der Waals surface area contributed by atoms with Crippen molar-refractivity contribution in [1.29, 1.82) is 0 Å². The van der Waals surface area contributed by atoms with Crippen molar-refractivity contribution in [3.63, 3.8) is 0 Å². The third-order valence-corrected chi connectivity index (χ3v) is 2.99. The number of carboxylic acid groups (broad SMARTS) is 1. The Bertz CT molecular complexity index is 419. The summed E-state index contributed by atoms with van der Waals surface area (Å²) in [5.41, 5.74) is 0.906. The van der Waals surface area contributed by atoms with Crippen LogP contribution in [0.4, 0.5) is 0 Å². The van der Waals surface area contributed by atoms with Gasteiger partial charge in [0.05, 0.1) is 12.3 Å². The second kappa shape index (κ2) is 4.95. The fraction of sp³-hybridized carbons (Fsp3) is 0.417. The average molecular weight is 234 g/mol. The summed E-state index contributed by atoms with van der Waals surface area (Å²) in [5.74, 6) is -1.24. The van der Waals surface area contributed by atoms with E-state index < -0.39 is 11.9 Å². The maximum absolute atomic E-state index is 11.9. The first-order valence-electron chi connectivity index (χ1n) is 5.56. The van der Waals surface area contributed by atoms with Gasteiger partial charge in [0.15, 0.2) is 0 Å². The largest absolute Gasteiger partial charge is 0.481 e. The van der Waals surface area contributed by atoms with Crippen molar-refractivity contribution in [3.8, 4) is 0 Å². The van der Waals surface area contributed by atoms with Gasteiger partial charge in [-0.3, -0.25) is 14.6 Å². The lowest BCUT2D eigenvalue weighted by atomic mass is 10.1. The fourth-order valence-electron chi connectivity index (χ4n) is 1.98. The lowest BCUT2D eigenvalue weighted by Gasteiger charge is -2.15. The number of amides is 1. The highest BCUT2D eigenvalue weighted by Gasteiger charge is 2.30. The molecule has 5 nitrogen and oxygen atoms in total. The van der Waals surface area contributed by atoms with E-state index in [-0.39, 0.29) is 5.91 Å². The summed E-state index contributed by atoms with van der Waals surface area (Å²) in [4.78, 5) is 28.2. The van der Waals surface area contributed by atoms with Gasteiger partial charge >= 0.3 is 5.97 Å². The van der Waals surface area contributed by atoms with E-state index in [9.17, 15) is 9.59 Å². The second-order valence-corrected chi connectivity index (χ2v) is 4.20. The Morgan fingerprint density at radius 3 is 2.71 bits per heavy atom. The van der Waals surface area contributed by atoms with Gasteiger partial charge in [0.1, 0.15) is 0 Å². The van der Waals surface area contributed by atoms with Gasteiger partial charge in [0, 0.05) is 25.5 Å². The third kappa shape index (κ3) is 2.81. The molecule has 5 heteroatoms. The van der Waals surface area contributed by atoms with Crippen LogP contribution in [0.2, 0.25) is 0 Å². The number of likely N-dealkylation sites (tertiary alicyclic amines) is 1. The first-order valence-corrected chi connectivity index (χ1v) is 5.56. The van der Waals surface area contributed by atoms with Crippen molar-refractivity contribution >= 4 is 11.9 Å². The first kappa shape index (κ1) is 11.6. The summed E-state index contributed by atoms with van der Waals surface area (Å²) in [5, 5.41) is 8.86. The van der Waals surface area contributed by atoms with Gasteiger partial charge in [-0.25, -0.2) is 0 Å². The van der Waals surface area contributed by atoms with Gasteiger partial charge in [-0.2, -0.15) is 0 Å². The standard InChI is InChI=1S/C12H14N2O3/c15-11(7-9-1-4-13-5-2-9)14-6-3-10(8-14)12(16)17/h1-2,4-5,10H,3,6-8H2,(H,16,17). The number of pyridine rings is 1. The minimum Gasteiger partial charge on any atom is -0.481 e. The quantitative estimate of drug-likeness (QED) is 0.829. The number of carboxylic acids is 1. The van der Waals surface area contributed by atoms with Crippen LogP contribution in [-0.2, 0) is 16.0 Å². The van der Waals surface area contributed by atoms with Crippen molar-refractivity contribution < 1.29 is 14.7 Å². The molecule has 0 saturated carbocycles. The summed E-state index contributed by atoms with van der Waals surface area (Å²) >= 11 is 0. The first-order chi connectivity index (χ1) is 8.16. The third-order valence-electron chi connectivity index (χ3n) is 2.99. The van der Waals surface area contributed by atoms with Crippen LogP contribution in [-0.4, -0.2) is 40.0 Å². The van der Waals surface area contributed by atoms with Gasteiger partial charge in [-0.1, -0.05) is 0 Å². The molecule has 1 aromatic heterocycles. The number of aromatic nitrogens is 1. The number of hydrogen-bond acceptors (Lipinski definition) is 3. The number of carbonyl (C=O) groups is 2. The van der Waals surface area contributed by atoms with Crippen LogP contribution < -0.4 is 0 Å². The second-order valence-electron chi connectivity index (χ2n) is 4.20. The Morgan fingerprint density at radius 2 is 2.12 bits per heavy atom. The van der Waals surface area contributed by atoms with Crippen LogP contribution in [0, 0.1) is 5.92 Å². The molecule has 0 spiro atoms. The molecule has 1 fully saturated rings. The summed E-state index contributed by atoms with van der Waals surface area (Å²) in [6.07, 6.45) is 4.16. The average Bonchev–Trinajstić information content (AvgIpc) is 2.79. The van der Waals surface area contributed by atoms with Crippen molar-refractivity contribution in [1.82, 2.24) is 9.88 Å². The van der Waals surface area contributed by atoms with Crippen molar-refractivity contribution in [3.05, 3.63) is 30.1 Å². The maximum atomic E-state index is 11.9. The molecule has 0 aliphatic carbocycles. The van der Waals surface area contributed by atoms with Gasteiger partial charge in [0.25, 0.3) is 0 Å². The van der Waals surface area contributed by atoms with E-state index in [1.165, 1.54) is 0 Å². The molecule has 1 atom stereocenters. The van der Waals surface area contributed by atoms with Crippen LogP contribution in [0.3, 0.4) is 0 Å².